The lowest BCUT2D eigenvalue weighted by molar-refractivity contribution is 0.660. The van der Waals surface area contributed by atoms with Gasteiger partial charge in [0.1, 0.15) is 11.2 Å². The molecule has 0 saturated heterocycles. The van der Waals surface area contributed by atoms with Gasteiger partial charge < -0.3 is 9.32 Å². The first-order valence-electron chi connectivity index (χ1n) is 19.1. The van der Waals surface area contributed by atoms with Crippen LogP contribution in [0.3, 0.4) is 0 Å². The van der Waals surface area contributed by atoms with Gasteiger partial charge in [0, 0.05) is 38.4 Å². The number of nitrogens with zero attached hydrogens (tertiary/aromatic N) is 1. The molecule has 0 fully saturated rings. The van der Waals surface area contributed by atoms with Gasteiger partial charge in [-0.05, 0) is 85.9 Å². The highest BCUT2D eigenvalue weighted by Crippen LogP contribution is 2.55. The molecule has 0 saturated carbocycles. The van der Waals surface area contributed by atoms with Crippen LogP contribution in [0, 0.1) is 0 Å². The monoisotopic (exact) mass is 703 g/mol. The Labute approximate surface area is 320 Å². The first kappa shape index (κ1) is 31.6. The first-order valence-corrected chi connectivity index (χ1v) is 19.1. The molecule has 1 heterocycles. The van der Waals surface area contributed by atoms with E-state index in [0.717, 1.165) is 38.7 Å². The Kier molecular flexibility index (Phi) is 6.93. The standard InChI is InChI=1S/C53H37NO/c1-53(2)46-24-10-7-22-43(46)51-47(53)25-14-27-49(51)54(48-26-11-8-19-40(48)38-23-13-16-34-15-3-4-17-37(34)38)36-31-29-35(30-32-36)44-33-45-41-20-9-12-28-50(41)55-52(45)42-21-6-5-18-39(42)44/h3-33H,1-2H3. The van der Waals surface area contributed by atoms with E-state index in [0.29, 0.717) is 0 Å². The van der Waals surface area contributed by atoms with Gasteiger partial charge in [-0.25, -0.2) is 0 Å². The number of anilines is 3. The minimum atomic E-state index is -0.121. The van der Waals surface area contributed by atoms with Crippen LogP contribution in [0.15, 0.2) is 192 Å². The van der Waals surface area contributed by atoms with Crippen molar-refractivity contribution in [3.05, 3.63) is 199 Å². The van der Waals surface area contributed by atoms with Crippen molar-refractivity contribution in [2.24, 2.45) is 0 Å². The molecule has 0 spiro atoms. The molecule has 0 N–H and O–H groups in total. The second kappa shape index (κ2) is 12.1. The largest absolute Gasteiger partial charge is 0.455 e. The van der Waals surface area contributed by atoms with E-state index in [-0.39, 0.29) is 5.41 Å². The molecule has 0 unspecified atom stereocenters. The van der Waals surface area contributed by atoms with E-state index in [1.807, 2.05) is 6.07 Å². The smallest absolute Gasteiger partial charge is 0.143 e. The highest BCUT2D eigenvalue weighted by Gasteiger charge is 2.38. The molecular weight excluding hydrogens is 667 g/mol. The van der Waals surface area contributed by atoms with E-state index in [9.17, 15) is 0 Å². The number of furan rings is 1. The van der Waals surface area contributed by atoms with Crippen LogP contribution < -0.4 is 4.90 Å². The predicted molar refractivity (Wildman–Crippen MR) is 232 cm³/mol. The SMILES string of the molecule is CC1(C)c2ccccc2-c2c(N(c3ccc(-c4cc5c6ccccc6oc5c5ccccc45)cc3)c3ccccc3-c3cccc4ccccc34)cccc21. The molecule has 1 aliphatic carbocycles. The summed E-state index contributed by atoms with van der Waals surface area (Å²) in [6.07, 6.45) is 0. The summed E-state index contributed by atoms with van der Waals surface area (Å²) in [5.74, 6) is 0. The lowest BCUT2D eigenvalue weighted by Gasteiger charge is -2.31. The Balaban J connectivity index is 1.15. The van der Waals surface area contributed by atoms with Crippen LogP contribution in [0.1, 0.15) is 25.0 Å². The zero-order valence-corrected chi connectivity index (χ0v) is 30.8. The lowest BCUT2D eigenvalue weighted by atomic mass is 9.82. The van der Waals surface area contributed by atoms with Gasteiger partial charge in [0.05, 0.1) is 11.4 Å². The van der Waals surface area contributed by atoms with Crippen molar-refractivity contribution in [3.63, 3.8) is 0 Å². The Morgan fingerprint density at radius 3 is 1.87 bits per heavy atom. The van der Waals surface area contributed by atoms with Gasteiger partial charge in [-0.1, -0.05) is 166 Å². The minimum Gasteiger partial charge on any atom is -0.455 e. The number of fused-ring (bicyclic) bond motifs is 9. The maximum absolute atomic E-state index is 6.45. The maximum Gasteiger partial charge on any atom is 0.143 e. The van der Waals surface area contributed by atoms with Crippen LogP contribution in [0.5, 0.6) is 0 Å². The van der Waals surface area contributed by atoms with Crippen molar-refractivity contribution in [2.75, 3.05) is 4.90 Å². The summed E-state index contributed by atoms with van der Waals surface area (Å²) < 4.78 is 6.45. The number of rotatable bonds is 5. The fraction of sp³-hybridized carbons (Fsp3) is 0.0566. The molecule has 10 aromatic rings. The lowest BCUT2D eigenvalue weighted by Crippen LogP contribution is -2.16. The Hall–Kier alpha value is -6.90. The Morgan fingerprint density at radius 2 is 1.02 bits per heavy atom. The zero-order chi connectivity index (χ0) is 36.7. The second-order valence-corrected chi connectivity index (χ2v) is 15.2. The van der Waals surface area contributed by atoms with E-state index >= 15 is 0 Å². The summed E-state index contributed by atoms with van der Waals surface area (Å²) in [5.41, 5.74) is 15.2. The molecule has 1 aliphatic rings. The number of hydrogen-bond donors (Lipinski definition) is 0. The van der Waals surface area contributed by atoms with Gasteiger partial charge in [-0.15, -0.1) is 0 Å². The fourth-order valence-corrected chi connectivity index (χ4v) is 9.26. The molecular formula is C53H37NO. The Morgan fingerprint density at radius 1 is 0.418 bits per heavy atom. The average molecular weight is 704 g/mol. The van der Waals surface area contributed by atoms with Crippen LogP contribution in [0.25, 0.3) is 76.9 Å². The van der Waals surface area contributed by atoms with Gasteiger partial charge >= 0.3 is 0 Å². The van der Waals surface area contributed by atoms with Crippen molar-refractivity contribution in [2.45, 2.75) is 19.3 Å². The third kappa shape index (κ3) is 4.74. The molecule has 0 radical (unpaired) electrons. The van der Waals surface area contributed by atoms with Gasteiger partial charge in [0.25, 0.3) is 0 Å². The summed E-state index contributed by atoms with van der Waals surface area (Å²) in [7, 11) is 0. The maximum atomic E-state index is 6.45. The fourth-order valence-electron chi connectivity index (χ4n) is 9.26. The predicted octanol–water partition coefficient (Wildman–Crippen LogP) is 15.0. The molecule has 55 heavy (non-hydrogen) atoms. The molecule has 9 aromatic carbocycles. The molecule has 0 aliphatic heterocycles. The number of para-hydroxylation sites is 2. The van der Waals surface area contributed by atoms with Crippen LogP contribution in [-0.4, -0.2) is 0 Å². The van der Waals surface area contributed by atoms with Crippen molar-refractivity contribution in [3.8, 4) is 33.4 Å². The van der Waals surface area contributed by atoms with E-state index < -0.39 is 0 Å². The summed E-state index contributed by atoms with van der Waals surface area (Å²) >= 11 is 0. The summed E-state index contributed by atoms with van der Waals surface area (Å²) in [4.78, 5) is 2.49. The normalized spacial score (nSPS) is 13.1. The van der Waals surface area contributed by atoms with Gasteiger partial charge in [0.15, 0.2) is 0 Å². The van der Waals surface area contributed by atoms with Crippen molar-refractivity contribution < 1.29 is 4.42 Å². The summed E-state index contributed by atoms with van der Waals surface area (Å²) in [6, 6.07) is 68.5. The Bertz CT molecular complexity index is 3120. The molecule has 0 amide bonds. The highest BCUT2D eigenvalue weighted by molar-refractivity contribution is 6.19. The van der Waals surface area contributed by atoms with Gasteiger partial charge in [-0.2, -0.15) is 0 Å². The van der Waals surface area contributed by atoms with E-state index in [4.69, 9.17) is 4.42 Å². The zero-order valence-electron chi connectivity index (χ0n) is 30.8. The average Bonchev–Trinajstić information content (AvgIpc) is 3.73. The summed E-state index contributed by atoms with van der Waals surface area (Å²) in [5, 5.41) is 7.06. The van der Waals surface area contributed by atoms with Crippen molar-refractivity contribution in [1.82, 2.24) is 0 Å². The number of benzene rings is 9. The molecule has 2 heteroatoms. The third-order valence-corrected chi connectivity index (χ3v) is 11.9. The second-order valence-electron chi connectivity index (χ2n) is 15.2. The molecule has 0 bridgehead atoms. The van der Waals surface area contributed by atoms with Gasteiger partial charge in [-0.3, -0.25) is 0 Å². The van der Waals surface area contributed by atoms with Crippen LogP contribution >= 0.6 is 0 Å². The number of hydrogen-bond acceptors (Lipinski definition) is 2. The van der Waals surface area contributed by atoms with E-state index in [1.54, 1.807) is 0 Å². The quantitative estimate of drug-likeness (QED) is 0.177. The van der Waals surface area contributed by atoms with Crippen LogP contribution in [0.4, 0.5) is 17.1 Å². The molecule has 11 rings (SSSR count). The van der Waals surface area contributed by atoms with Crippen molar-refractivity contribution in [1.29, 1.82) is 0 Å². The molecule has 0 atom stereocenters. The van der Waals surface area contributed by atoms with Crippen molar-refractivity contribution >= 4 is 60.5 Å². The first-order chi connectivity index (χ1) is 27.1. The van der Waals surface area contributed by atoms with Crippen LogP contribution in [-0.2, 0) is 5.41 Å². The highest BCUT2D eigenvalue weighted by atomic mass is 16.3. The molecule has 260 valence electrons. The third-order valence-electron chi connectivity index (χ3n) is 11.9. The minimum absolute atomic E-state index is 0.121. The summed E-state index contributed by atoms with van der Waals surface area (Å²) in [6.45, 7) is 4.71. The van der Waals surface area contributed by atoms with E-state index in [1.165, 1.54) is 66.4 Å². The topological polar surface area (TPSA) is 16.4 Å². The van der Waals surface area contributed by atoms with Crippen LogP contribution in [0.2, 0.25) is 0 Å². The van der Waals surface area contributed by atoms with E-state index in [2.05, 4.69) is 201 Å². The van der Waals surface area contributed by atoms with Gasteiger partial charge in [0.2, 0.25) is 0 Å². The molecule has 1 aromatic heterocycles. The molecule has 2 nitrogen and oxygen atoms in total.